The lowest BCUT2D eigenvalue weighted by atomic mass is 10.4. The van der Waals surface area contributed by atoms with Crippen molar-refractivity contribution in [3.05, 3.63) is 11.8 Å². The van der Waals surface area contributed by atoms with Gasteiger partial charge in [0.15, 0.2) is 0 Å². The zero-order valence-electron chi connectivity index (χ0n) is 10.4. The molecule has 16 heavy (non-hydrogen) atoms. The Morgan fingerprint density at radius 3 is 2.75 bits per heavy atom. The van der Waals surface area contributed by atoms with Crippen molar-refractivity contribution >= 4 is 11.8 Å². The molecular formula is C11H20N4O. The summed E-state index contributed by atoms with van der Waals surface area (Å²) < 4.78 is 4.97. The molecule has 0 aliphatic carbocycles. The van der Waals surface area contributed by atoms with Crippen LogP contribution < -0.4 is 10.6 Å². The first kappa shape index (κ1) is 12.7. The van der Waals surface area contributed by atoms with Crippen LogP contribution in [0.3, 0.4) is 0 Å². The molecule has 0 unspecified atom stereocenters. The second-order valence-electron chi connectivity index (χ2n) is 3.94. The first-order valence-corrected chi connectivity index (χ1v) is 5.47. The monoisotopic (exact) mass is 224 g/mol. The molecule has 1 rings (SSSR count). The van der Waals surface area contributed by atoms with E-state index in [-0.39, 0.29) is 0 Å². The van der Waals surface area contributed by atoms with E-state index in [1.54, 1.807) is 7.11 Å². The molecule has 0 saturated heterocycles. The third-order valence-electron chi connectivity index (χ3n) is 1.88. The molecule has 0 radical (unpaired) electrons. The number of nitrogens with one attached hydrogen (secondary N) is 2. The maximum Gasteiger partial charge on any atom is 0.225 e. The van der Waals surface area contributed by atoms with Gasteiger partial charge in [0.25, 0.3) is 0 Å². The Bertz CT molecular complexity index is 328. The maximum atomic E-state index is 4.97. The van der Waals surface area contributed by atoms with E-state index in [1.165, 1.54) is 0 Å². The molecule has 0 aromatic carbocycles. The summed E-state index contributed by atoms with van der Waals surface area (Å²) in [7, 11) is 1.68. The third kappa shape index (κ3) is 4.44. The van der Waals surface area contributed by atoms with Gasteiger partial charge in [0.2, 0.25) is 5.95 Å². The number of anilines is 2. The first-order chi connectivity index (χ1) is 7.61. The highest BCUT2D eigenvalue weighted by Gasteiger charge is 2.02. The fraction of sp³-hybridized carbons (Fsp3) is 0.636. The summed E-state index contributed by atoms with van der Waals surface area (Å²) in [6, 6.07) is 2.25. The third-order valence-corrected chi connectivity index (χ3v) is 1.88. The largest absolute Gasteiger partial charge is 0.383 e. The zero-order chi connectivity index (χ0) is 12.0. The second kappa shape index (κ2) is 6.27. The van der Waals surface area contributed by atoms with Crippen LogP contribution in [0.5, 0.6) is 0 Å². The molecule has 1 heterocycles. The molecule has 0 fully saturated rings. The van der Waals surface area contributed by atoms with E-state index < -0.39 is 0 Å². The number of aryl methyl sites for hydroxylation is 1. The average Bonchev–Trinajstić information content (AvgIpc) is 2.16. The number of nitrogens with zero attached hydrogens (tertiary/aromatic N) is 2. The van der Waals surface area contributed by atoms with Gasteiger partial charge >= 0.3 is 0 Å². The summed E-state index contributed by atoms with van der Waals surface area (Å²) in [5.41, 5.74) is 0.943. The highest BCUT2D eigenvalue weighted by Crippen LogP contribution is 2.09. The Labute approximate surface area is 96.6 Å². The Morgan fingerprint density at radius 2 is 2.12 bits per heavy atom. The summed E-state index contributed by atoms with van der Waals surface area (Å²) in [6.07, 6.45) is 0. The number of ether oxygens (including phenoxy) is 1. The quantitative estimate of drug-likeness (QED) is 0.720. The van der Waals surface area contributed by atoms with Gasteiger partial charge in [-0.1, -0.05) is 0 Å². The highest BCUT2D eigenvalue weighted by atomic mass is 16.5. The molecule has 0 amide bonds. The average molecular weight is 224 g/mol. The van der Waals surface area contributed by atoms with Crippen LogP contribution in [0.2, 0.25) is 0 Å². The van der Waals surface area contributed by atoms with Crippen molar-refractivity contribution in [3.63, 3.8) is 0 Å². The molecule has 1 aromatic rings. The number of hydrogen-bond donors (Lipinski definition) is 2. The fourth-order valence-corrected chi connectivity index (χ4v) is 1.26. The van der Waals surface area contributed by atoms with Crippen molar-refractivity contribution in [3.8, 4) is 0 Å². The normalized spacial score (nSPS) is 10.6. The van der Waals surface area contributed by atoms with Crippen LogP contribution in [0.1, 0.15) is 19.5 Å². The van der Waals surface area contributed by atoms with E-state index in [9.17, 15) is 0 Å². The van der Waals surface area contributed by atoms with E-state index in [4.69, 9.17) is 4.74 Å². The van der Waals surface area contributed by atoms with Gasteiger partial charge in [-0.2, -0.15) is 4.98 Å². The van der Waals surface area contributed by atoms with Crippen molar-refractivity contribution in [2.75, 3.05) is 30.9 Å². The van der Waals surface area contributed by atoms with E-state index in [0.29, 0.717) is 18.6 Å². The van der Waals surface area contributed by atoms with Gasteiger partial charge in [0.1, 0.15) is 5.82 Å². The van der Waals surface area contributed by atoms with Gasteiger partial charge < -0.3 is 15.4 Å². The van der Waals surface area contributed by atoms with E-state index in [2.05, 4.69) is 34.4 Å². The van der Waals surface area contributed by atoms with Crippen LogP contribution >= 0.6 is 0 Å². The Balaban J connectivity index is 2.65. The molecular weight excluding hydrogens is 204 g/mol. The minimum Gasteiger partial charge on any atom is -0.383 e. The molecule has 1 aromatic heterocycles. The molecule has 0 aliphatic heterocycles. The molecule has 2 N–H and O–H groups in total. The lowest BCUT2D eigenvalue weighted by Crippen LogP contribution is -2.15. The SMILES string of the molecule is COCCNc1cc(C)nc(NC(C)C)n1. The summed E-state index contributed by atoms with van der Waals surface area (Å²) >= 11 is 0. The lowest BCUT2D eigenvalue weighted by Gasteiger charge is -2.11. The zero-order valence-corrected chi connectivity index (χ0v) is 10.4. The van der Waals surface area contributed by atoms with Crippen LogP contribution in [0, 0.1) is 6.92 Å². The van der Waals surface area contributed by atoms with Gasteiger partial charge in [-0.15, -0.1) is 0 Å². The minimum atomic E-state index is 0.327. The lowest BCUT2D eigenvalue weighted by molar-refractivity contribution is 0.210. The summed E-state index contributed by atoms with van der Waals surface area (Å²) in [5.74, 6) is 1.49. The fourth-order valence-electron chi connectivity index (χ4n) is 1.26. The molecule has 0 aliphatic rings. The second-order valence-corrected chi connectivity index (χ2v) is 3.94. The molecule has 0 saturated carbocycles. The van der Waals surface area contributed by atoms with Crippen LogP contribution in [-0.2, 0) is 4.74 Å². The highest BCUT2D eigenvalue weighted by molar-refractivity contribution is 5.42. The number of methoxy groups -OCH3 is 1. The Kier molecular flexibility index (Phi) is 4.98. The van der Waals surface area contributed by atoms with Gasteiger partial charge in [-0.25, -0.2) is 4.98 Å². The Morgan fingerprint density at radius 1 is 1.38 bits per heavy atom. The summed E-state index contributed by atoms with van der Waals surface area (Å²) in [4.78, 5) is 8.67. The number of aromatic nitrogens is 2. The van der Waals surface area contributed by atoms with Crippen LogP contribution in [-0.4, -0.2) is 36.3 Å². The van der Waals surface area contributed by atoms with Gasteiger partial charge in [0.05, 0.1) is 6.61 Å². The van der Waals surface area contributed by atoms with Crippen LogP contribution in [0.4, 0.5) is 11.8 Å². The Hall–Kier alpha value is -1.36. The standard InChI is InChI=1S/C11H20N4O/c1-8(2)13-11-14-9(3)7-10(15-11)12-5-6-16-4/h7-8H,5-6H2,1-4H3,(H2,12,13,14,15). The van der Waals surface area contributed by atoms with Crippen molar-refractivity contribution in [1.82, 2.24) is 9.97 Å². The van der Waals surface area contributed by atoms with Crippen molar-refractivity contribution in [2.45, 2.75) is 26.8 Å². The van der Waals surface area contributed by atoms with Gasteiger partial charge in [-0.05, 0) is 20.8 Å². The maximum absolute atomic E-state index is 4.97. The van der Waals surface area contributed by atoms with Crippen molar-refractivity contribution < 1.29 is 4.74 Å². The molecule has 0 spiro atoms. The predicted octanol–water partition coefficient (Wildman–Crippen LogP) is 1.66. The smallest absolute Gasteiger partial charge is 0.225 e. The number of hydrogen-bond acceptors (Lipinski definition) is 5. The molecule has 5 nitrogen and oxygen atoms in total. The van der Waals surface area contributed by atoms with Crippen molar-refractivity contribution in [1.29, 1.82) is 0 Å². The van der Waals surface area contributed by atoms with Crippen molar-refractivity contribution in [2.24, 2.45) is 0 Å². The van der Waals surface area contributed by atoms with Gasteiger partial charge in [-0.3, -0.25) is 0 Å². The predicted molar refractivity (Wildman–Crippen MR) is 65.9 cm³/mol. The van der Waals surface area contributed by atoms with E-state index >= 15 is 0 Å². The minimum absolute atomic E-state index is 0.327. The van der Waals surface area contributed by atoms with Gasteiger partial charge in [0, 0.05) is 31.5 Å². The van der Waals surface area contributed by atoms with Crippen LogP contribution in [0.25, 0.3) is 0 Å². The molecule has 5 heteroatoms. The van der Waals surface area contributed by atoms with E-state index in [1.807, 2.05) is 13.0 Å². The molecule has 0 atom stereocenters. The van der Waals surface area contributed by atoms with E-state index in [0.717, 1.165) is 18.1 Å². The summed E-state index contributed by atoms with van der Waals surface area (Å²) in [5, 5.41) is 6.37. The summed E-state index contributed by atoms with van der Waals surface area (Å²) in [6.45, 7) is 7.48. The molecule has 90 valence electrons. The topological polar surface area (TPSA) is 59.1 Å². The van der Waals surface area contributed by atoms with Crippen LogP contribution in [0.15, 0.2) is 6.07 Å². The molecule has 0 bridgehead atoms. The number of rotatable bonds is 6. The first-order valence-electron chi connectivity index (χ1n) is 5.47.